The molecular formula is C19H16N4O2S2. The molecule has 4 rings (SSSR count). The number of carbonyl (C=O) groups is 1. The zero-order valence-electron chi connectivity index (χ0n) is 14.7. The summed E-state index contributed by atoms with van der Waals surface area (Å²) in [6.07, 6.45) is 0. The molecule has 1 N–H and O–H groups in total. The molecule has 2 heterocycles. The van der Waals surface area contributed by atoms with Crippen LogP contribution >= 0.6 is 23.6 Å². The molecule has 0 aliphatic rings. The molecule has 6 nitrogen and oxygen atoms in total. The highest BCUT2D eigenvalue weighted by molar-refractivity contribution is 7.71. The number of nitrogens with one attached hydrogen (secondary N) is 1. The summed E-state index contributed by atoms with van der Waals surface area (Å²) in [5.41, 5.74) is 1.80. The number of aromatic nitrogens is 3. The number of fused-ring (bicyclic) bond motifs is 2. The van der Waals surface area contributed by atoms with Gasteiger partial charge in [0.05, 0.1) is 27.7 Å². The molecule has 2 aromatic heterocycles. The van der Waals surface area contributed by atoms with Crippen LogP contribution in [0.15, 0.2) is 47.3 Å². The molecule has 1 amide bonds. The highest BCUT2D eigenvalue weighted by Crippen LogP contribution is 2.23. The molecule has 0 fully saturated rings. The van der Waals surface area contributed by atoms with Crippen LogP contribution in [0.25, 0.3) is 21.1 Å². The lowest BCUT2D eigenvalue weighted by Crippen LogP contribution is -2.26. The number of carbonyl (C=O) groups excluding carboxylic acids is 1. The number of amides is 1. The Morgan fingerprint density at radius 3 is 2.85 bits per heavy atom. The minimum absolute atomic E-state index is 0.142. The maximum absolute atomic E-state index is 12.8. The second kappa shape index (κ2) is 6.71. The molecular weight excluding hydrogens is 380 g/mol. The maximum atomic E-state index is 12.8. The number of H-pyrrole nitrogens is 1. The summed E-state index contributed by atoms with van der Waals surface area (Å²) in [7, 11) is 3.36. The van der Waals surface area contributed by atoms with Gasteiger partial charge in [-0.15, -0.1) is 11.3 Å². The molecule has 0 spiro atoms. The first-order chi connectivity index (χ1) is 12.9. The van der Waals surface area contributed by atoms with Gasteiger partial charge < -0.3 is 9.88 Å². The third-order valence-corrected chi connectivity index (χ3v) is 5.80. The summed E-state index contributed by atoms with van der Waals surface area (Å²) in [4.78, 5) is 34.3. The number of para-hydroxylation sites is 1. The molecule has 0 aliphatic heterocycles. The number of aromatic amines is 1. The van der Waals surface area contributed by atoms with Gasteiger partial charge >= 0.3 is 0 Å². The van der Waals surface area contributed by atoms with E-state index in [0.29, 0.717) is 27.8 Å². The fourth-order valence-electron chi connectivity index (χ4n) is 2.92. The summed E-state index contributed by atoms with van der Waals surface area (Å²) in [6, 6.07) is 12.9. The third-order valence-electron chi connectivity index (χ3n) is 4.41. The standard InChI is InChI=1S/C19H16N4O2S2/c1-22(10-16-20-13-5-3-4-6-15(13)27-16)17(24)11-7-8-12-14(9-11)21-19(26)23(2)18(12)25/h3-9H,10H2,1-2H3,(H,21,26). The highest BCUT2D eigenvalue weighted by atomic mass is 32.1. The van der Waals surface area contributed by atoms with Gasteiger partial charge in [0.15, 0.2) is 4.77 Å². The summed E-state index contributed by atoms with van der Waals surface area (Å²) >= 11 is 6.73. The number of benzene rings is 2. The van der Waals surface area contributed by atoms with E-state index in [0.717, 1.165) is 15.2 Å². The van der Waals surface area contributed by atoms with Crippen molar-refractivity contribution < 1.29 is 4.79 Å². The van der Waals surface area contributed by atoms with Gasteiger partial charge in [0.1, 0.15) is 5.01 Å². The van der Waals surface area contributed by atoms with Gasteiger partial charge in [-0.25, -0.2) is 4.98 Å². The largest absolute Gasteiger partial charge is 0.335 e. The summed E-state index contributed by atoms with van der Waals surface area (Å²) in [6.45, 7) is 0.419. The van der Waals surface area contributed by atoms with Crippen molar-refractivity contribution in [3.05, 3.63) is 68.2 Å². The van der Waals surface area contributed by atoms with Crippen molar-refractivity contribution in [2.24, 2.45) is 7.05 Å². The first-order valence-corrected chi connectivity index (χ1v) is 9.49. The zero-order valence-corrected chi connectivity index (χ0v) is 16.4. The van der Waals surface area contributed by atoms with Crippen LogP contribution in [0, 0.1) is 4.77 Å². The fourth-order valence-corrected chi connectivity index (χ4v) is 4.14. The zero-order chi connectivity index (χ0) is 19.1. The Labute approximate surface area is 163 Å². The SMILES string of the molecule is CN(Cc1nc2ccccc2s1)C(=O)c1ccc2c(=O)n(C)c(=S)[nH]c2c1. The molecule has 0 bridgehead atoms. The topological polar surface area (TPSA) is 71.0 Å². The lowest BCUT2D eigenvalue weighted by atomic mass is 10.1. The van der Waals surface area contributed by atoms with E-state index in [1.54, 1.807) is 48.5 Å². The van der Waals surface area contributed by atoms with Crippen molar-refractivity contribution in [3.8, 4) is 0 Å². The van der Waals surface area contributed by atoms with Gasteiger partial charge in [-0.2, -0.15) is 0 Å². The van der Waals surface area contributed by atoms with Gasteiger partial charge in [0.2, 0.25) is 0 Å². The second-order valence-corrected chi connectivity index (χ2v) is 7.79. The molecule has 8 heteroatoms. The van der Waals surface area contributed by atoms with Crippen LogP contribution < -0.4 is 5.56 Å². The monoisotopic (exact) mass is 396 g/mol. The minimum atomic E-state index is -0.185. The average molecular weight is 396 g/mol. The van der Waals surface area contributed by atoms with Gasteiger partial charge in [-0.05, 0) is 42.5 Å². The molecule has 27 heavy (non-hydrogen) atoms. The number of rotatable bonds is 3. The molecule has 0 saturated carbocycles. The number of nitrogens with zero attached hydrogens (tertiary/aromatic N) is 3. The Hall–Kier alpha value is -2.84. The van der Waals surface area contributed by atoms with Gasteiger partial charge in [-0.3, -0.25) is 14.2 Å². The van der Waals surface area contributed by atoms with E-state index in [2.05, 4.69) is 9.97 Å². The molecule has 4 aromatic rings. The van der Waals surface area contributed by atoms with Crippen LogP contribution in [0.3, 0.4) is 0 Å². The Morgan fingerprint density at radius 2 is 2.07 bits per heavy atom. The average Bonchev–Trinajstić information content (AvgIpc) is 3.07. The van der Waals surface area contributed by atoms with Gasteiger partial charge in [0, 0.05) is 19.7 Å². The Balaban J connectivity index is 1.64. The summed E-state index contributed by atoms with van der Waals surface area (Å²) < 4.78 is 2.79. The number of hydrogen-bond donors (Lipinski definition) is 1. The van der Waals surface area contributed by atoms with E-state index in [1.165, 1.54) is 4.57 Å². The molecule has 0 radical (unpaired) electrons. The lowest BCUT2D eigenvalue weighted by molar-refractivity contribution is 0.0785. The summed E-state index contributed by atoms with van der Waals surface area (Å²) in [5.74, 6) is -0.142. The number of hydrogen-bond acceptors (Lipinski definition) is 5. The van der Waals surface area contributed by atoms with Crippen molar-refractivity contribution in [2.75, 3.05) is 7.05 Å². The molecule has 0 saturated heterocycles. The van der Waals surface area contributed by atoms with E-state index in [1.807, 2.05) is 24.3 Å². The first-order valence-electron chi connectivity index (χ1n) is 8.27. The van der Waals surface area contributed by atoms with Crippen LogP contribution in [0.5, 0.6) is 0 Å². The van der Waals surface area contributed by atoms with Crippen LogP contribution in [0.4, 0.5) is 0 Å². The van der Waals surface area contributed by atoms with E-state index >= 15 is 0 Å². The first kappa shape index (κ1) is 17.6. The normalized spacial score (nSPS) is 11.2. The Morgan fingerprint density at radius 1 is 1.30 bits per heavy atom. The highest BCUT2D eigenvalue weighted by Gasteiger charge is 2.15. The maximum Gasteiger partial charge on any atom is 0.261 e. The van der Waals surface area contributed by atoms with E-state index in [9.17, 15) is 9.59 Å². The van der Waals surface area contributed by atoms with E-state index < -0.39 is 0 Å². The quantitative estimate of drug-likeness (QED) is 0.538. The number of thiazole rings is 1. The van der Waals surface area contributed by atoms with E-state index in [4.69, 9.17) is 12.2 Å². The van der Waals surface area contributed by atoms with Crippen LogP contribution in [-0.4, -0.2) is 32.4 Å². The van der Waals surface area contributed by atoms with Crippen LogP contribution in [0.2, 0.25) is 0 Å². The Kier molecular flexibility index (Phi) is 4.37. The molecule has 0 aliphatic carbocycles. The van der Waals surface area contributed by atoms with Crippen molar-refractivity contribution >= 4 is 50.6 Å². The van der Waals surface area contributed by atoms with Crippen molar-refractivity contribution in [2.45, 2.75) is 6.54 Å². The molecule has 0 atom stereocenters. The van der Waals surface area contributed by atoms with Crippen molar-refractivity contribution in [1.29, 1.82) is 0 Å². The van der Waals surface area contributed by atoms with Crippen molar-refractivity contribution in [1.82, 2.24) is 19.4 Å². The van der Waals surface area contributed by atoms with Gasteiger partial charge in [-0.1, -0.05) is 12.1 Å². The van der Waals surface area contributed by atoms with E-state index in [-0.39, 0.29) is 11.5 Å². The lowest BCUT2D eigenvalue weighted by Gasteiger charge is -2.16. The van der Waals surface area contributed by atoms with Crippen LogP contribution in [0.1, 0.15) is 15.4 Å². The molecule has 2 aromatic carbocycles. The molecule has 0 unspecified atom stereocenters. The summed E-state index contributed by atoms with van der Waals surface area (Å²) in [5, 5.41) is 1.37. The van der Waals surface area contributed by atoms with Crippen molar-refractivity contribution in [3.63, 3.8) is 0 Å². The smallest absolute Gasteiger partial charge is 0.261 e. The second-order valence-electron chi connectivity index (χ2n) is 6.29. The Bertz CT molecular complexity index is 1270. The molecule has 136 valence electrons. The predicted octanol–water partition coefficient (Wildman–Crippen LogP) is 3.48. The van der Waals surface area contributed by atoms with Crippen LogP contribution in [-0.2, 0) is 13.6 Å². The fraction of sp³-hybridized carbons (Fsp3) is 0.158. The minimum Gasteiger partial charge on any atom is -0.335 e. The predicted molar refractivity (Wildman–Crippen MR) is 110 cm³/mol. The van der Waals surface area contributed by atoms with Gasteiger partial charge in [0.25, 0.3) is 11.5 Å². The third kappa shape index (κ3) is 3.17.